The van der Waals surface area contributed by atoms with E-state index in [2.05, 4.69) is 0 Å². The Balaban J connectivity index is 1.95. The minimum atomic E-state index is -0.700. The largest absolute Gasteiger partial charge is 0.465 e. The Bertz CT molecular complexity index is 553. The highest BCUT2D eigenvalue weighted by Gasteiger charge is 2.64. The van der Waals surface area contributed by atoms with Gasteiger partial charge in [-0.2, -0.15) is 0 Å². The number of fused-ring (bicyclic) bond motifs is 1. The van der Waals surface area contributed by atoms with Crippen LogP contribution < -0.4 is 0 Å². The molecule has 0 aliphatic heterocycles. The minimum Gasteiger partial charge on any atom is -0.465 e. The molecule has 4 heteroatoms. The number of hydrogen-bond donors (Lipinski definition) is 0. The van der Waals surface area contributed by atoms with Gasteiger partial charge in [0.15, 0.2) is 5.78 Å². The average Bonchev–Trinajstić information content (AvgIpc) is 3.31. The highest BCUT2D eigenvalue weighted by atomic mass is 16.5. The number of methoxy groups -OCH3 is 1. The monoisotopic (exact) mass is 288 g/mol. The Morgan fingerprint density at radius 1 is 1.33 bits per heavy atom. The van der Waals surface area contributed by atoms with E-state index in [-0.39, 0.29) is 17.6 Å². The number of carbonyl (C=O) groups is 2. The molecule has 0 aromatic heterocycles. The van der Waals surface area contributed by atoms with Gasteiger partial charge in [-0.1, -0.05) is 30.3 Å². The third kappa shape index (κ3) is 2.18. The van der Waals surface area contributed by atoms with Gasteiger partial charge in [0.05, 0.1) is 12.2 Å². The van der Waals surface area contributed by atoms with Gasteiger partial charge >= 0.3 is 5.97 Å². The van der Waals surface area contributed by atoms with E-state index in [9.17, 15) is 9.59 Å². The Labute approximate surface area is 124 Å². The number of Topliss-reactive ketones (excluding diaryl/α,β-unsaturated/α-hetero) is 1. The van der Waals surface area contributed by atoms with Gasteiger partial charge in [-0.15, -0.1) is 0 Å². The smallest absolute Gasteiger partial charge is 0.316 e. The average molecular weight is 288 g/mol. The Morgan fingerprint density at radius 2 is 2.05 bits per heavy atom. The zero-order valence-electron chi connectivity index (χ0n) is 12.4. The number of hydrogen-bond acceptors (Lipinski definition) is 4. The maximum absolute atomic E-state index is 12.4. The number of esters is 1. The summed E-state index contributed by atoms with van der Waals surface area (Å²) in [7, 11) is 1.67. The first-order chi connectivity index (χ1) is 10.1. The second-order valence-electron chi connectivity index (χ2n) is 5.82. The van der Waals surface area contributed by atoms with Gasteiger partial charge in [0, 0.05) is 25.4 Å². The normalized spacial score (nSPS) is 34.2. The summed E-state index contributed by atoms with van der Waals surface area (Å²) in [5.74, 6) is -0.961. The van der Waals surface area contributed by atoms with Crippen molar-refractivity contribution in [3.63, 3.8) is 0 Å². The van der Waals surface area contributed by atoms with E-state index in [1.165, 1.54) is 0 Å². The number of benzene rings is 1. The fraction of sp³-hybridized carbons (Fsp3) is 0.529. The quantitative estimate of drug-likeness (QED) is 0.630. The maximum Gasteiger partial charge on any atom is 0.316 e. The molecule has 2 aliphatic carbocycles. The molecule has 0 spiro atoms. The molecular weight excluding hydrogens is 268 g/mol. The second kappa shape index (κ2) is 5.26. The lowest BCUT2D eigenvalue weighted by atomic mass is 9.73. The number of carbonyl (C=O) groups excluding carboxylic acids is 2. The van der Waals surface area contributed by atoms with E-state index in [0.717, 1.165) is 12.0 Å². The van der Waals surface area contributed by atoms with Crippen molar-refractivity contribution in [3.8, 4) is 0 Å². The van der Waals surface area contributed by atoms with Gasteiger partial charge in [0.1, 0.15) is 5.92 Å². The van der Waals surface area contributed by atoms with E-state index >= 15 is 0 Å². The van der Waals surface area contributed by atoms with Crippen LogP contribution in [-0.4, -0.2) is 25.5 Å². The van der Waals surface area contributed by atoms with Gasteiger partial charge in [-0.05, 0) is 18.9 Å². The van der Waals surface area contributed by atoms with Gasteiger partial charge in [0.2, 0.25) is 0 Å². The first-order valence-electron chi connectivity index (χ1n) is 7.45. The maximum atomic E-state index is 12.4. The number of ketones is 1. The highest BCUT2D eigenvalue weighted by molar-refractivity contribution is 6.02. The van der Waals surface area contributed by atoms with Crippen LogP contribution in [0.3, 0.4) is 0 Å². The SMILES string of the molecule is CCOC(=O)C1CC(OC)(c2ccccc2)C2CC2C1=O. The van der Waals surface area contributed by atoms with Crippen LogP contribution in [0.25, 0.3) is 0 Å². The van der Waals surface area contributed by atoms with Crippen molar-refractivity contribution in [3.05, 3.63) is 35.9 Å². The fourth-order valence-corrected chi connectivity index (χ4v) is 3.69. The van der Waals surface area contributed by atoms with E-state index in [1.54, 1.807) is 14.0 Å². The summed E-state index contributed by atoms with van der Waals surface area (Å²) < 4.78 is 10.9. The topological polar surface area (TPSA) is 52.6 Å². The Morgan fingerprint density at radius 3 is 2.67 bits per heavy atom. The first-order valence-corrected chi connectivity index (χ1v) is 7.45. The number of ether oxygens (including phenoxy) is 2. The molecule has 2 fully saturated rings. The lowest BCUT2D eigenvalue weighted by molar-refractivity contribution is -0.160. The molecule has 0 radical (unpaired) electrons. The molecule has 0 saturated heterocycles. The molecule has 112 valence electrons. The van der Waals surface area contributed by atoms with Gasteiger partial charge in [-0.3, -0.25) is 9.59 Å². The second-order valence-corrected chi connectivity index (χ2v) is 5.82. The molecule has 0 heterocycles. The molecule has 0 bridgehead atoms. The summed E-state index contributed by atoms with van der Waals surface area (Å²) in [6.07, 6.45) is 1.18. The number of rotatable bonds is 4. The molecule has 2 saturated carbocycles. The van der Waals surface area contributed by atoms with Crippen molar-refractivity contribution in [2.45, 2.75) is 25.4 Å². The summed E-state index contributed by atoms with van der Waals surface area (Å²) in [5.41, 5.74) is 0.499. The molecule has 2 aliphatic rings. The zero-order valence-corrected chi connectivity index (χ0v) is 12.4. The molecule has 0 N–H and O–H groups in total. The molecule has 1 aromatic carbocycles. The molecule has 4 atom stereocenters. The van der Waals surface area contributed by atoms with Crippen molar-refractivity contribution in [2.75, 3.05) is 13.7 Å². The van der Waals surface area contributed by atoms with Crippen LogP contribution in [0.2, 0.25) is 0 Å². The minimum absolute atomic E-state index is 0.0297. The van der Waals surface area contributed by atoms with Crippen LogP contribution >= 0.6 is 0 Å². The lowest BCUT2D eigenvalue weighted by Gasteiger charge is -2.38. The molecule has 1 aromatic rings. The Hall–Kier alpha value is -1.68. The van der Waals surface area contributed by atoms with Gasteiger partial charge in [-0.25, -0.2) is 0 Å². The molecule has 0 amide bonds. The first kappa shape index (κ1) is 14.3. The molecule has 4 unspecified atom stereocenters. The summed E-state index contributed by atoms with van der Waals surface area (Å²) in [4.78, 5) is 24.5. The van der Waals surface area contributed by atoms with Crippen LogP contribution in [0.5, 0.6) is 0 Å². The summed E-state index contributed by atoms with van der Waals surface area (Å²) >= 11 is 0. The van der Waals surface area contributed by atoms with E-state index in [1.807, 2.05) is 30.3 Å². The van der Waals surface area contributed by atoms with Gasteiger partial charge in [0.25, 0.3) is 0 Å². The predicted molar refractivity (Wildman–Crippen MR) is 76.5 cm³/mol. The summed E-state index contributed by atoms with van der Waals surface area (Å²) in [6, 6.07) is 9.90. The van der Waals surface area contributed by atoms with Gasteiger partial charge < -0.3 is 9.47 Å². The van der Waals surface area contributed by atoms with Crippen LogP contribution in [0, 0.1) is 17.8 Å². The fourth-order valence-electron chi connectivity index (χ4n) is 3.69. The molecular formula is C17H20O4. The van der Waals surface area contributed by atoms with E-state index < -0.39 is 17.5 Å². The Kier molecular flexibility index (Phi) is 3.57. The molecule has 21 heavy (non-hydrogen) atoms. The van der Waals surface area contributed by atoms with Crippen LogP contribution in [-0.2, 0) is 24.7 Å². The predicted octanol–water partition coefficient (Wildman–Crippen LogP) is 2.32. The standard InChI is InChI=1S/C17H20O4/c1-3-21-16(19)13-10-17(20-2,11-7-5-4-6-8-11)14-9-12(14)15(13)18/h4-8,12-14H,3,9-10H2,1-2H3. The van der Waals surface area contributed by atoms with E-state index in [0.29, 0.717) is 13.0 Å². The molecule has 4 nitrogen and oxygen atoms in total. The third-order valence-electron chi connectivity index (χ3n) is 4.80. The van der Waals surface area contributed by atoms with Crippen molar-refractivity contribution in [1.82, 2.24) is 0 Å². The van der Waals surface area contributed by atoms with Crippen LogP contribution in [0.4, 0.5) is 0 Å². The summed E-state index contributed by atoms with van der Waals surface area (Å²) in [5, 5.41) is 0. The van der Waals surface area contributed by atoms with Crippen LogP contribution in [0.1, 0.15) is 25.3 Å². The third-order valence-corrected chi connectivity index (χ3v) is 4.80. The zero-order chi connectivity index (χ0) is 15.0. The van der Waals surface area contributed by atoms with E-state index in [4.69, 9.17) is 9.47 Å². The lowest BCUT2D eigenvalue weighted by Crippen LogP contribution is -2.44. The van der Waals surface area contributed by atoms with Crippen molar-refractivity contribution in [2.24, 2.45) is 17.8 Å². The highest BCUT2D eigenvalue weighted by Crippen LogP contribution is 2.60. The van der Waals surface area contributed by atoms with Crippen molar-refractivity contribution < 1.29 is 19.1 Å². The van der Waals surface area contributed by atoms with Crippen LogP contribution in [0.15, 0.2) is 30.3 Å². The van der Waals surface area contributed by atoms with Crippen molar-refractivity contribution in [1.29, 1.82) is 0 Å². The summed E-state index contributed by atoms with van der Waals surface area (Å²) in [6.45, 7) is 2.05. The van der Waals surface area contributed by atoms with Crippen molar-refractivity contribution >= 4 is 11.8 Å². The molecule has 3 rings (SSSR count).